The van der Waals surface area contributed by atoms with Crippen LogP contribution < -0.4 is 0 Å². The number of hydrogen-bond donors (Lipinski definition) is 0. The Morgan fingerprint density at radius 1 is 1.62 bits per heavy atom. The van der Waals surface area contributed by atoms with Crippen molar-refractivity contribution in [3.05, 3.63) is 12.2 Å². The zero-order chi connectivity index (χ0) is 5.78. The number of fused-ring (bicyclic) bond motifs is 1. The molecule has 0 spiro atoms. The molecule has 0 nitrogen and oxygen atoms in total. The molecule has 0 amide bonds. The Balaban J connectivity index is 2.09. The van der Waals surface area contributed by atoms with Crippen molar-refractivity contribution in [2.45, 2.75) is 20.3 Å². The third kappa shape index (κ3) is 0.300. The summed E-state index contributed by atoms with van der Waals surface area (Å²) in [6.45, 7) is 4.48. The maximum Gasteiger partial charge on any atom is -0.00553 e. The molecular formula is C8H12. The molecule has 3 atom stereocenters. The van der Waals surface area contributed by atoms with Gasteiger partial charge in [-0.05, 0) is 30.6 Å². The van der Waals surface area contributed by atoms with E-state index in [-0.39, 0.29) is 0 Å². The first kappa shape index (κ1) is 4.60. The smallest absolute Gasteiger partial charge is 0.00553 e. The van der Waals surface area contributed by atoms with Gasteiger partial charge in [0, 0.05) is 0 Å². The zero-order valence-electron chi connectivity index (χ0n) is 5.52. The van der Waals surface area contributed by atoms with Crippen molar-refractivity contribution in [3.8, 4) is 0 Å². The number of rotatable bonds is 1. The number of hydrogen-bond acceptors (Lipinski definition) is 0. The van der Waals surface area contributed by atoms with Gasteiger partial charge in [0.1, 0.15) is 0 Å². The first-order valence-electron chi connectivity index (χ1n) is 3.45. The predicted molar refractivity (Wildman–Crippen MR) is 34.5 cm³/mol. The van der Waals surface area contributed by atoms with Gasteiger partial charge in [-0.15, -0.1) is 0 Å². The average Bonchev–Trinajstić information content (AvgIpc) is 2.55. The lowest BCUT2D eigenvalue weighted by Crippen LogP contribution is -1.88. The van der Waals surface area contributed by atoms with Crippen LogP contribution in [-0.4, -0.2) is 0 Å². The van der Waals surface area contributed by atoms with Crippen molar-refractivity contribution in [3.63, 3.8) is 0 Å². The van der Waals surface area contributed by atoms with Crippen molar-refractivity contribution in [2.24, 2.45) is 17.3 Å². The molecular weight excluding hydrogens is 96.1 g/mol. The third-order valence-corrected chi connectivity index (χ3v) is 2.92. The Bertz CT molecular complexity index is 140. The summed E-state index contributed by atoms with van der Waals surface area (Å²) in [5.41, 5.74) is 0.745. The lowest BCUT2D eigenvalue weighted by molar-refractivity contribution is 0.605. The highest BCUT2D eigenvalue weighted by atomic mass is 14.8. The lowest BCUT2D eigenvalue weighted by atomic mass is 10.1. The lowest BCUT2D eigenvalue weighted by Gasteiger charge is -1.97. The Morgan fingerprint density at radius 3 is 2.38 bits per heavy atom. The van der Waals surface area contributed by atoms with E-state index in [9.17, 15) is 0 Å². The average molecular weight is 108 g/mol. The molecule has 0 aromatic rings. The van der Waals surface area contributed by atoms with Crippen LogP contribution in [0.3, 0.4) is 0 Å². The van der Waals surface area contributed by atoms with E-state index in [0.29, 0.717) is 0 Å². The summed E-state index contributed by atoms with van der Waals surface area (Å²) in [7, 11) is 0. The topological polar surface area (TPSA) is 0 Å². The van der Waals surface area contributed by atoms with Crippen LogP contribution in [0.25, 0.3) is 0 Å². The van der Waals surface area contributed by atoms with Crippen LogP contribution in [0.15, 0.2) is 12.2 Å². The van der Waals surface area contributed by atoms with Crippen LogP contribution >= 0.6 is 0 Å². The molecule has 0 aliphatic heterocycles. The normalized spacial score (nSPS) is 58.8. The molecule has 0 radical (unpaired) electrons. The molecule has 2 rings (SSSR count). The van der Waals surface area contributed by atoms with Crippen LogP contribution in [0.2, 0.25) is 0 Å². The summed E-state index contributed by atoms with van der Waals surface area (Å²) in [6.07, 6.45) is 6.07. The fourth-order valence-electron chi connectivity index (χ4n) is 1.93. The molecule has 0 aromatic heterocycles. The van der Waals surface area contributed by atoms with Crippen LogP contribution in [0, 0.1) is 17.3 Å². The fourth-order valence-corrected chi connectivity index (χ4v) is 1.93. The van der Waals surface area contributed by atoms with E-state index in [1.54, 1.807) is 0 Å². The molecule has 0 heteroatoms. The second-order valence-electron chi connectivity index (χ2n) is 3.21. The van der Waals surface area contributed by atoms with Gasteiger partial charge < -0.3 is 0 Å². The zero-order valence-corrected chi connectivity index (χ0v) is 5.52. The summed E-state index contributed by atoms with van der Waals surface area (Å²) in [5, 5.41) is 0. The van der Waals surface area contributed by atoms with Gasteiger partial charge in [-0.2, -0.15) is 0 Å². The van der Waals surface area contributed by atoms with Crippen LogP contribution in [0.5, 0.6) is 0 Å². The summed E-state index contributed by atoms with van der Waals surface area (Å²) in [6, 6.07) is 0. The van der Waals surface area contributed by atoms with Gasteiger partial charge in [-0.3, -0.25) is 0 Å². The van der Waals surface area contributed by atoms with Crippen molar-refractivity contribution in [2.75, 3.05) is 0 Å². The van der Waals surface area contributed by atoms with E-state index in [1.807, 2.05) is 0 Å². The Morgan fingerprint density at radius 2 is 2.25 bits per heavy atom. The quantitative estimate of drug-likeness (QED) is 0.452. The first-order valence-corrected chi connectivity index (χ1v) is 3.45. The van der Waals surface area contributed by atoms with Gasteiger partial charge in [-0.1, -0.05) is 19.1 Å². The van der Waals surface area contributed by atoms with Crippen LogP contribution in [0.1, 0.15) is 20.3 Å². The summed E-state index contributed by atoms with van der Waals surface area (Å²) < 4.78 is 0. The minimum absolute atomic E-state index is 0.745. The van der Waals surface area contributed by atoms with Gasteiger partial charge in [0.15, 0.2) is 0 Å². The third-order valence-electron chi connectivity index (χ3n) is 2.92. The van der Waals surface area contributed by atoms with Gasteiger partial charge in [0.25, 0.3) is 0 Å². The SMILES string of the molecule is CC=CC12CC1C2C. The molecule has 8 heavy (non-hydrogen) atoms. The van der Waals surface area contributed by atoms with Gasteiger partial charge >= 0.3 is 0 Å². The van der Waals surface area contributed by atoms with E-state index in [0.717, 1.165) is 17.3 Å². The molecule has 2 saturated carbocycles. The molecule has 0 heterocycles. The van der Waals surface area contributed by atoms with E-state index in [4.69, 9.17) is 0 Å². The van der Waals surface area contributed by atoms with E-state index in [2.05, 4.69) is 26.0 Å². The van der Waals surface area contributed by atoms with Gasteiger partial charge in [0.05, 0.1) is 0 Å². The minimum Gasteiger partial charge on any atom is -0.0911 e. The summed E-state index contributed by atoms with van der Waals surface area (Å²) in [4.78, 5) is 0. The predicted octanol–water partition coefficient (Wildman–Crippen LogP) is 2.22. The van der Waals surface area contributed by atoms with Crippen molar-refractivity contribution in [1.29, 1.82) is 0 Å². The highest BCUT2D eigenvalue weighted by Gasteiger charge is 2.74. The summed E-state index contributed by atoms with van der Waals surface area (Å²) >= 11 is 0. The standard InChI is InChI=1S/C8H12/c1-3-4-8-5-7(8)6(8)2/h3-4,6-7H,5H2,1-2H3. The molecule has 0 bridgehead atoms. The fraction of sp³-hybridized carbons (Fsp3) is 0.750. The van der Waals surface area contributed by atoms with Crippen molar-refractivity contribution < 1.29 is 0 Å². The number of allylic oxidation sites excluding steroid dienone is 2. The highest BCUT2D eigenvalue weighted by Crippen LogP contribution is 2.80. The molecule has 0 aromatic carbocycles. The second kappa shape index (κ2) is 1.02. The van der Waals surface area contributed by atoms with Gasteiger partial charge in [0.2, 0.25) is 0 Å². The second-order valence-corrected chi connectivity index (χ2v) is 3.21. The van der Waals surface area contributed by atoms with Crippen LogP contribution in [0.4, 0.5) is 0 Å². The molecule has 3 unspecified atom stereocenters. The Kier molecular flexibility index (Phi) is 0.588. The maximum atomic E-state index is 2.39. The first-order chi connectivity index (χ1) is 3.81. The molecule has 0 saturated heterocycles. The molecule has 44 valence electrons. The van der Waals surface area contributed by atoms with E-state index in [1.165, 1.54) is 6.42 Å². The monoisotopic (exact) mass is 108 g/mol. The van der Waals surface area contributed by atoms with E-state index < -0.39 is 0 Å². The van der Waals surface area contributed by atoms with Crippen LogP contribution in [-0.2, 0) is 0 Å². The Labute approximate surface area is 50.6 Å². The Hall–Kier alpha value is -0.260. The minimum atomic E-state index is 0.745. The van der Waals surface area contributed by atoms with Crippen molar-refractivity contribution >= 4 is 0 Å². The molecule has 2 aliphatic rings. The van der Waals surface area contributed by atoms with Crippen molar-refractivity contribution in [1.82, 2.24) is 0 Å². The molecule has 0 N–H and O–H groups in total. The van der Waals surface area contributed by atoms with E-state index >= 15 is 0 Å². The maximum absolute atomic E-state index is 2.39. The summed E-state index contributed by atoms with van der Waals surface area (Å²) in [5.74, 6) is 2.12. The molecule has 2 fully saturated rings. The largest absolute Gasteiger partial charge is 0.0911 e. The van der Waals surface area contributed by atoms with Gasteiger partial charge in [-0.25, -0.2) is 0 Å². The molecule has 2 aliphatic carbocycles. The highest BCUT2D eigenvalue weighted by molar-refractivity contribution is 5.32.